The molecule has 1 heterocycles. The second-order valence-electron chi connectivity index (χ2n) is 4.27. The predicted octanol–water partition coefficient (Wildman–Crippen LogP) is 3.82. The molecule has 1 aromatic rings. The van der Waals surface area contributed by atoms with Crippen LogP contribution >= 0.6 is 11.6 Å². The van der Waals surface area contributed by atoms with Crippen molar-refractivity contribution in [1.82, 2.24) is 5.32 Å². The molecule has 0 saturated carbocycles. The Hall–Kier alpha value is -1.06. The number of halogens is 2. The number of rotatable bonds is 5. The zero-order valence-corrected chi connectivity index (χ0v) is 11.1. The van der Waals surface area contributed by atoms with E-state index >= 15 is 0 Å². The minimum absolute atomic E-state index is 0.148. The van der Waals surface area contributed by atoms with Gasteiger partial charge in [0.25, 0.3) is 0 Å². The highest BCUT2D eigenvalue weighted by Crippen LogP contribution is 2.30. The van der Waals surface area contributed by atoms with Gasteiger partial charge < -0.3 is 10.1 Å². The Balaban J connectivity index is 2.30. The van der Waals surface area contributed by atoms with Crippen LogP contribution in [0.5, 0.6) is 0 Å². The first kappa shape index (κ1) is 13.4. The molecule has 2 rings (SSSR count). The fourth-order valence-electron chi connectivity index (χ4n) is 2.03. The van der Waals surface area contributed by atoms with Crippen LogP contribution in [-0.2, 0) is 4.74 Å². The molecule has 4 heteroatoms. The van der Waals surface area contributed by atoms with Crippen molar-refractivity contribution in [2.45, 2.75) is 25.8 Å². The van der Waals surface area contributed by atoms with Gasteiger partial charge in [-0.2, -0.15) is 0 Å². The summed E-state index contributed by atoms with van der Waals surface area (Å²) < 4.78 is 19.6. The Bertz CT molecular complexity index is 447. The second kappa shape index (κ2) is 6.21. The number of nitrogens with one attached hydrogen (secondary N) is 1. The average molecular weight is 270 g/mol. The fraction of sp³-hybridized carbons (Fsp3) is 0.429. The molecule has 0 fully saturated rings. The first-order valence-corrected chi connectivity index (χ1v) is 6.62. The van der Waals surface area contributed by atoms with E-state index in [1.807, 2.05) is 6.08 Å². The fourth-order valence-corrected chi connectivity index (χ4v) is 2.22. The van der Waals surface area contributed by atoms with E-state index in [-0.39, 0.29) is 16.9 Å². The average Bonchev–Trinajstić information content (AvgIpc) is 2.88. The highest BCUT2D eigenvalue weighted by atomic mass is 35.5. The molecule has 0 saturated heterocycles. The van der Waals surface area contributed by atoms with Gasteiger partial charge in [-0.15, -0.1) is 0 Å². The van der Waals surface area contributed by atoms with Gasteiger partial charge in [-0.25, -0.2) is 4.39 Å². The van der Waals surface area contributed by atoms with Crippen molar-refractivity contribution in [2.75, 3.05) is 13.2 Å². The monoisotopic (exact) mass is 269 g/mol. The van der Waals surface area contributed by atoms with E-state index in [0.717, 1.165) is 25.1 Å². The quantitative estimate of drug-likeness (QED) is 0.877. The van der Waals surface area contributed by atoms with Crippen molar-refractivity contribution < 1.29 is 9.13 Å². The topological polar surface area (TPSA) is 21.3 Å². The van der Waals surface area contributed by atoms with Crippen molar-refractivity contribution in [3.63, 3.8) is 0 Å². The Morgan fingerprint density at radius 2 is 2.33 bits per heavy atom. The lowest BCUT2D eigenvalue weighted by atomic mass is 10.0. The van der Waals surface area contributed by atoms with Crippen LogP contribution < -0.4 is 5.32 Å². The molecule has 0 amide bonds. The highest BCUT2D eigenvalue weighted by Gasteiger charge is 2.23. The van der Waals surface area contributed by atoms with E-state index in [2.05, 4.69) is 12.2 Å². The summed E-state index contributed by atoms with van der Waals surface area (Å²) >= 11 is 5.84. The van der Waals surface area contributed by atoms with Crippen molar-refractivity contribution in [3.05, 3.63) is 46.4 Å². The van der Waals surface area contributed by atoms with E-state index in [1.165, 1.54) is 0 Å². The van der Waals surface area contributed by atoms with Gasteiger partial charge in [-0.1, -0.05) is 30.7 Å². The molecule has 0 bridgehead atoms. The zero-order valence-electron chi connectivity index (χ0n) is 10.4. The van der Waals surface area contributed by atoms with Crippen LogP contribution in [-0.4, -0.2) is 13.2 Å². The van der Waals surface area contributed by atoms with E-state index in [9.17, 15) is 4.39 Å². The molecule has 0 aromatic heterocycles. The van der Waals surface area contributed by atoms with Gasteiger partial charge in [0.2, 0.25) is 0 Å². The number of ether oxygens (including phenoxy) is 1. The summed E-state index contributed by atoms with van der Waals surface area (Å²) in [6, 6.07) is 4.82. The van der Waals surface area contributed by atoms with E-state index < -0.39 is 0 Å². The van der Waals surface area contributed by atoms with E-state index in [0.29, 0.717) is 12.2 Å². The maximum Gasteiger partial charge on any atom is 0.147 e. The summed E-state index contributed by atoms with van der Waals surface area (Å²) in [6.07, 6.45) is 3.86. The van der Waals surface area contributed by atoms with E-state index in [4.69, 9.17) is 16.3 Å². The normalized spacial score (nSPS) is 16.3. The number of hydrogen-bond donors (Lipinski definition) is 1. The van der Waals surface area contributed by atoms with Gasteiger partial charge in [0.1, 0.15) is 11.6 Å². The molecule has 0 aliphatic carbocycles. The molecule has 0 spiro atoms. The van der Waals surface area contributed by atoms with Crippen molar-refractivity contribution in [2.24, 2.45) is 0 Å². The molecule has 2 nitrogen and oxygen atoms in total. The summed E-state index contributed by atoms with van der Waals surface area (Å²) in [5.74, 6) is 0.425. The third-order valence-corrected chi connectivity index (χ3v) is 3.20. The molecule has 1 atom stereocenters. The molecular formula is C14H17ClFNO. The molecular weight excluding hydrogens is 253 g/mol. The standard InChI is InChI=1S/C14H17ClFNO/c1-2-8-17-14(12-7-4-9-18-12)10-5-3-6-11(15)13(10)16/h3,5-7,14,17H,2,4,8-9H2,1H3. The van der Waals surface area contributed by atoms with Crippen molar-refractivity contribution in [3.8, 4) is 0 Å². The Morgan fingerprint density at radius 3 is 3.00 bits per heavy atom. The largest absolute Gasteiger partial charge is 0.496 e. The van der Waals surface area contributed by atoms with Crippen LogP contribution in [0.2, 0.25) is 5.02 Å². The summed E-state index contributed by atoms with van der Waals surface area (Å²) in [7, 11) is 0. The number of hydrogen-bond acceptors (Lipinski definition) is 2. The molecule has 1 N–H and O–H groups in total. The minimum Gasteiger partial charge on any atom is -0.496 e. The van der Waals surface area contributed by atoms with Gasteiger partial charge in [0, 0.05) is 12.0 Å². The highest BCUT2D eigenvalue weighted by molar-refractivity contribution is 6.30. The Kier molecular flexibility index (Phi) is 4.61. The predicted molar refractivity (Wildman–Crippen MR) is 71.1 cm³/mol. The first-order valence-electron chi connectivity index (χ1n) is 6.24. The van der Waals surface area contributed by atoms with Gasteiger partial charge in [0.05, 0.1) is 17.7 Å². The van der Waals surface area contributed by atoms with Crippen LogP contribution in [0, 0.1) is 5.82 Å². The van der Waals surface area contributed by atoms with Crippen LogP contribution in [0.4, 0.5) is 4.39 Å². The Morgan fingerprint density at radius 1 is 1.50 bits per heavy atom. The van der Waals surface area contributed by atoms with Gasteiger partial charge >= 0.3 is 0 Å². The van der Waals surface area contributed by atoms with E-state index in [1.54, 1.807) is 18.2 Å². The zero-order chi connectivity index (χ0) is 13.0. The maximum atomic E-state index is 14.1. The van der Waals surface area contributed by atoms with Crippen LogP contribution in [0.25, 0.3) is 0 Å². The Labute approximate surface area is 112 Å². The summed E-state index contributed by atoms with van der Waals surface area (Å²) in [5.41, 5.74) is 0.545. The third-order valence-electron chi connectivity index (χ3n) is 2.91. The van der Waals surface area contributed by atoms with Crippen LogP contribution in [0.3, 0.4) is 0 Å². The molecule has 1 aliphatic rings. The molecule has 98 valence electrons. The molecule has 1 aliphatic heterocycles. The summed E-state index contributed by atoms with van der Waals surface area (Å²) in [4.78, 5) is 0. The minimum atomic E-state index is -0.371. The summed E-state index contributed by atoms with van der Waals surface area (Å²) in [5, 5.41) is 3.45. The lowest BCUT2D eigenvalue weighted by molar-refractivity contribution is 0.214. The molecule has 1 aromatic carbocycles. The van der Waals surface area contributed by atoms with Crippen molar-refractivity contribution in [1.29, 1.82) is 0 Å². The van der Waals surface area contributed by atoms with Crippen LogP contribution in [0.15, 0.2) is 30.0 Å². The molecule has 1 unspecified atom stereocenters. The molecule has 0 radical (unpaired) electrons. The van der Waals surface area contributed by atoms with Crippen molar-refractivity contribution >= 4 is 11.6 Å². The summed E-state index contributed by atoms with van der Waals surface area (Å²) in [6.45, 7) is 3.54. The lowest BCUT2D eigenvalue weighted by Crippen LogP contribution is -2.25. The lowest BCUT2D eigenvalue weighted by Gasteiger charge is -2.21. The smallest absolute Gasteiger partial charge is 0.147 e. The van der Waals surface area contributed by atoms with Crippen LogP contribution in [0.1, 0.15) is 31.4 Å². The SMILES string of the molecule is CCCNC(C1=CCCO1)c1cccc(Cl)c1F. The third kappa shape index (κ3) is 2.85. The van der Waals surface area contributed by atoms with Gasteiger partial charge in [0.15, 0.2) is 0 Å². The first-order chi connectivity index (χ1) is 8.74. The molecule has 18 heavy (non-hydrogen) atoms. The maximum absolute atomic E-state index is 14.1. The van der Waals surface area contributed by atoms with Gasteiger partial charge in [-0.3, -0.25) is 0 Å². The van der Waals surface area contributed by atoms with Gasteiger partial charge in [-0.05, 0) is 25.1 Å². The number of benzene rings is 1. The second-order valence-corrected chi connectivity index (χ2v) is 4.68.